The summed E-state index contributed by atoms with van der Waals surface area (Å²) in [5, 5.41) is 0. The minimum Gasteiger partial charge on any atom is -0.326 e. The number of nitrogens with two attached hydrogens (primary N) is 1. The van der Waals surface area contributed by atoms with Crippen molar-refractivity contribution in [3.8, 4) is 0 Å². The van der Waals surface area contributed by atoms with Crippen LogP contribution in [0.1, 0.15) is 26.1 Å². The zero-order valence-corrected chi connectivity index (χ0v) is 10.7. The molecule has 0 aliphatic carbocycles. The highest BCUT2D eigenvalue weighted by atomic mass is 19.4. The molecule has 2 heterocycles. The molecule has 7 heteroatoms. The maximum Gasteiger partial charge on any atom is 0.413 e. The van der Waals surface area contributed by atoms with E-state index in [0.717, 1.165) is 6.92 Å². The first-order valence-electron chi connectivity index (χ1n) is 5.95. The number of fused-ring (bicyclic) bond motifs is 1. The third-order valence-corrected chi connectivity index (χ3v) is 3.05. The van der Waals surface area contributed by atoms with E-state index in [0.29, 0.717) is 24.0 Å². The molecule has 2 rings (SSSR count). The number of aromatic nitrogens is 3. The quantitative estimate of drug-likeness (QED) is 0.934. The molecule has 0 aliphatic rings. The summed E-state index contributed by atoms with van der Waals surface area (Å²) in [7, 11) is 0. The standard InChI is InChI=1S/C12H15F3N4/c1-3-6-19-9-4-5-17-7-8(9)18-10(19)11(2,16)12(13,14)15/h4-5,7H,3,6,16H2,1-2H3. The van der Waals surface area contributed by atoms with Gasteiger partial charge in [0, 0.05) is 12.7 Å². The van der Waals surface area contributed by atoms with Gasteiger partial charge >= 0.3 is 6.18 Å². The Balaban J connectivity index is 2.69. The van der Waals surface area contributed by atoms with Gasteiger partial charge in [0.05, 0.1) is 11.7 Å². The molecule has 4 nitrogen and oxygen atoms in total. The summed E-state index contributed by atoms with van der Waals surface area (Å²) in [6.07, 6.45) is -0.902. The van der Waals surface area contributed by atoms with Gasteiger partial charge in [-0.15, -0.1) is 0 Å². The molecule has 0 saturated heterocycles. The number of hydrogen-bond acceptors (Lipinski definition) is 3. The fourth-order valence-corrected chi connectivity index (χ4v) is 1.95. The van der Waals surface area contributed by atoms with Gasteiger partial charge in [-0.25, -0.2) is 4.98 Å². The summed E-state index contributed by atoms with van der Waals surface area (Å²) in [5.41, 5.74) is 4.04. The Labute approximate surface area is 108 Å². The lowest BCUT2D eigenvalue weighted by Crippen LogP contribution is -2.49. The highest BCUT2D eigenvalue weighted by Gasteiger charge is 2.52. The fraction of sp³-hybridized carbons (Fsp3) is 0.500. The van der Waals surface area contributed by atoms with E-state index < -0.39 is 11.7 Å². The lowest BCUT2D eigenvalue weighted by molar-refractivity contribution is -0.186. The van der Waals surface area contributed by atoms with Crippen molar-refractivity contribution in [1.29, 1.82) is 0 Å². The van der Waals surface area contributed by atoms with Crippen molar-refractivity contribution in [2.24, 2.45) is 5.73 Å². The minimum atomic E-state index is -4.56. The van der Waals surface area contributed by atoms with E-state index in [1.165, 1.54) is 17.0 Å². The molecule has 1 unspecified atom stereocenters. The molecule has 2 N–H and O–H groups in total. The van der Waals surface area contributed by atoms with Gasteiger partial charge in [0.15, 0.2) is 5.54 Å². The van der Waals surface area contributed by atoms with Crippen LogP contribution in [0.3, 0.4) is 0 Å². The lowest BCUT2D eigenvalue weighted by atomic mass is 10.0. The minimum absolute atomic E-state index is 0.176. The summed E-state index contributed by atoms with van der Waals surface area (Å²) in [5.74, 6) is -0.176. The van der Waals surface area contributed by atoms with Crippen LogP contribution < -0.4 is 5.73 Å². The van der Waals surface area contributed by atoms with Gasteiger partial charge in [-0.3, -0.25) is 4.98 Å². The van der Waals surface area contributed by atoms with Crippen LogP contribution in [0.4, 0.5) is 13.2 Å². The van der Waals surface area contributed by atoms with Gasteiger partial charge in [0.25, 0.3) is 0 Å². The van der Waals surface area contributed by atoms with Crippen LogP contribution in [0.2, 0.25) is 0 Å². The molecule has 0 fully saturated rings. The van der Waals surface area contributed by atoms with E-state index >= 15 is 0 Å². The summed E-state index contributed by atoms with van der Waals surface area (Å²) < 4.78 is 40.7. The van der Waals surface area contributed by atoms with Crippen molar-refractivity contribution < 1.29 is 13.2 Å². The Morgan fingerprint density at radius 1 is 1.37 bits per heavy atom. The topological polar surface area (TPSA) is 56.7 Å². The van der Waals surface area contributed by atoms with Crippen LogP contribution >= 0.6 is 0 Å². The zero-order chi connectivity index (χ0) is 14.3. The molecule has 0 aliphatic heterocycles. The number of hydrogen-bond donors (Lipinski definition) is 1. The second kappa shape index (κ2) is 4.48. The predicted octanol–water partition coefficient (Wildman–Crippen LogP) is 2.58. The molecule has 0 radical (unpaired) electrons. The lowest BCUT2D eigenvalue weighted by Gasteiger charge is -2.27. The third-order valence-electron chi connectivity index (χ3n) is 3.05. The van der Waals surface area contributed by atoms with E-state index in [9.17, 15) is 13.2 Å². The van der Waals surface area contributed by atoms with Crippen molar-refractivity contribution in [1.82, 2.24) is 14.5 Å². The smallest absolute Gasteiger partial charge is 0.326 e. The number of halogens is 3. The Kier molecular flexibility index (Phi) is 3.25. The van der Waals surface area contributed by atoms with Crippen molar-refractivity contribution in [3.05, 3.63) is 24.3 Å². The van der Waals surface area contributed by atoms with E-state index in [-0.39, 0.29) is 5.82 Å². The Bertz CT molecular complexity index is 586. The van der Waals surface area contributed by atoms with Crippen LogP contribution in [-0.2, 0) is 12.1 Å². The van der Waals surface area contributed by atoms with Crippen LogP contribution in [0.25, 0.3) is 11.0 Å². The monoisotopic (exact) mass is 272 g/mol. The second-order valence-electron chi connectivity index (χ2n) is 4.65. The van der Waals surface area contributed by atoms with Crippen molar-refractivity contribution >= 4 is 11.0 Å². The van der Waals surface area contributed by atoms with Crippen molar-refractivity contribution in [2.45, 2.75) is 38.5 Å². The van der Waals surface area contributed by atoms with Crippen molar-refractivity contribution in [3.63, 3.8) is 0 Å². The first kappa shape index (κ1) is 13.8. The van der Waals surface area contributed by atoms with Crippen LogP contribution in [0, 0.1) is 0 Å². The van der Waals surface area contributed by atoms with E-state index in [1.54, 1.807) is 6.07 Å². The molecule has 0 amide bonds. The van der Waals surface area contributed by atoms with Crippen molar-refractivity contribution in [2.75, 3.05) is 0 Å². The molecule has 0 saturated carbocycles. The summed E-state index contributed by atoms with van der Waals surface area (Å²) in [6.45, 7) is 3.25. The normalized spacial score (nSPS) is 15.7. The molecular weight excluding hydrogens is 257 g/mol. The predicted molar refractivity (Wildman–Crippen MR) is 65.4 cm³/mol. The Morgan fingerprint density at radius 3 is 2.63 bits per heavy atom. The molecule has 0 bridgehead atoms. The van der Waals surface area contributed by atoms with Gasteiger partial charge in [0.1, 0.15) is 11.3 Å². The molecule has 104 valence electrons. The molecule has 1 atom stereocenters. The molecule has 2 aromatic heterocycles. The van der Waals surface area contributed by atoms with Gasteiger partial charge in [-0.2, -0.15) is 13.2 Å². The average molecular weight is 272 g/mol. The van der Waals surface area contributed by atoms with Gasteiger partial charge in [-0.05, 0) is 19.4 Å². The van der Waals surface area contributed by atoms with Crippen LogP contribution in [0.15, 0.2) is 18.5 Å². The van der Waals surface area contributed by atoms with Gasteiger partial charge < -0.3 is 10.3 Å². The highest BCUT2D eigenvalue weighted by Crippen LogP contribution is 2.37. The Hall–Kier alpha value is -1.63. The molecule has 19 heavy (non-hydrogen) atoms. The Morgan fingerprint density at radius 2 is 2.05 bits per heavy atom. The van der Waals surface area contributed by atoms with E-state index in [2.05, 4.69) is 9.97 Å². The SMILES string of the molecule is CCCn1c(C(C)(N)C(F)(F)F)nc2cnccc21. The number of nitrogens with zero attached hydrogens (tertiary/aromatic N) is 3. The third kappa shape index (κ3) is 2.18. The van der Waals surface area contributed by atoms with E-state index in [4.69, 9.17) is 5.73 Å². The maximum atomic E-state index is 13.1. The van der Waals surface area contributed by atoms with Crippen LogP contribution in [-0.4, -0.2) is 20.7 Å². The molecular formula is C12H15F3N4. The number of alkyl halides is 3. The number of aryl methyl sites for hydroxylation is 1. The van der Waals surface area contributed by atoms with Gasteiger partial charge in [-0.1, -0.05) is 6.92 Å². The number of pyridine rings is 1. The fourth-order valence-electron chi connectivity index (χ4n) is 1.95. The maximum absolute atomic E-state index is 13.1. The molecule has 2 aromatic rings. The highest BCUT2D eigenvalue weighted by molar-refractivity contribution is 5.75. The largest absolute Gasteiger partial charge is 0.413 e. The average Bonchev–Trinajstić information content (AvgIpc) is 2.68. The van der Waals surface area contributed by atoms with Gasteiger partial charge in [0.2, 0.25) is 0 Å². The molecule has 0 aromatic carbocycles. The summed E-state index contributed by atoms with van der Waals surface area (Å²) in [4.78, 5) is 7.90. The summed E-state index contributed by atoms with van der Waals surface area (Å²) in [6, 6.07) is 1.65. The second-order valence-corrected chi connectivity index (χ2v) is 4.65. The van der Waals surface area contributed by atoms with E-state index in [1.807, 2.05) is 6.92 Å². The zero-order valence-electron chi connectivity index (χ0n) is 10.7. The molecule has 0 spiro atoms. The first-order valence-corrected chi connectivity index (χ1v) is 5.95. The number of rotatable bonds is 3. The van der Waals surface area contributed by atoms with Crippen LogP contribution in [0.5, 0.6) is 0 Å². The first-order chi connectivity index (χ1) is 8.79. The number of imidazole rings is 1. The summed E-state index contributed by atoms with van der Waals surface area (Å²) >= 11 is 0.